The van der Waals surface area contributed by atoms with Gasteiger partial charge in [-0.05, 0) is 44.6 Å². The first kappa shape index (κ1) is 20.7. The van der Waals surface area contributed by atoms with Gasteiger partial charge in [-0.25, -0.2) is 9.78 Å². The van der Waals surface area contributed by atoms with Crippen molar-refractivity contribution in [1.82, 2.24) is 20.2 Å². The van der Waals surface area contributed by atoms with Gasteiger partial charge in [-0.1, -0.05) is 25.1 Å². The van der Waals surface area contributed by atoms with E-state index < -0.39 is 17.5 Å². The number of benzene rings is 1. The number of nitrogens with zero attached hydrogens (tertiary/aromatic N) is 2. The highest BCUT2D eigenvalue weighted by Gasteiger charge is 2.52. The quantitative estimate of drug-likeness (QED) is 0.520. The summed E-state index contributed by atoms with van der Waals surface area (Å²) in [6, 6.07) is 7.51. The lowest BCUT2D eigenvalue weighted by atomic mass is 9.77. The van der Waals surface area contributed by atoms with Gasteiger partial charge in [0, 0.05) is 27.5 Å². The number of rotatable bonds is 4. The van der Waals surface area contributed by atoms with E-state index in [9.17, 15) is 14.4 Å². The average Bonchev–Trinajstić information content (AvgIpc) is 3.41. The van der Waals surface area contributed by atoms with Crippen LogP contribution in [0.15, 0.2) is 29.6 Å². The van der Waals surface area contributed by atoms with E-state index in [2.05, 4.69) is 27.5 Å². The van der Waals surface area contributed by atoms with Crippen molar-refractivity contribution in [2.75, 3.05) is 11.9 Å². The number of urea groups is 1. The van der Waals surface area contributed by atoms with Crippen LogP contribution in [0.5, 0.6) is 0 Å². The molecule has 1 aliphatic carbocycles. The van der Waals surface area contributed by atoms with Crippen molar-refractivity contribution in [3.8, 4) is 11.3 Å². The van der Waals surface area contributed by atoms with Crippen LogP contribution >= 0.6 is 11.3 Å². The molecule has 2 fully saturated rings. The number of aryl methyl sites for hydroxylation is 1. The number of H-pyrrole nitrogens is 1. The summed E-state index contributed by atoms with van der Waals surface area (Å²) in [5.74, 6) is -0.187. The molecule has 3 aromatic rings. The second kappa shape index (κ2) is 7.74. The van der Waals surface area contributed by atoms with E-state index >= 15 is 0 Å². The number of para-hydroxylation sites is 1. The van der Waals surface area contributed by atoms with Gasteiger partial charge >= 0.3 is 6.03 Å². The molecule has 32 heavy (non-hydrogen) atoms. The number of amides is 4. The summed E-state index contributed by atoms with van der Waals surface area (Å²) in [7, 11) is 0. The third-order valence-corrected chi connectivity index (χ3v) is 7.33. The van der Waals surface area contributed by atoms with Gasteiger partial charge in [0.2, 0.25) is 5.91 Å². The molecule has 3 heterocycles. The molecule has 8 nitrogen and oxygen atoms in total. The molecule has 1 saturated heterocycles. The largest absolute Gasteiger partial charge is 0.358 e. The molecule has 3 N–H and O–H groups in total. The lowest BCUT2D eigenvalue weighted by Gasteiger charge is -2.33. The molecule has 1 spiro atoms. The maximum absolute atomic E-state index is 13.0. The fraction of sp³-hybridized carbons (Fsp3) is 0.391. The van der Waals surface area contributed by atoms with E-state index in [1.54, 1.807) is 0 Å². The predicted molar refractivity (Wildman–Crippen MR) is 123 cm³/mol. The summed E-state index contributed by atoms with van der Waals surface area (Å²) in [5.41, 5.74) is 2.96. The topological polar surface area (TPSA) is 107 Å². The van der Waals surface area contributed by atoms with Gasteiger partial charge in [-0.15, -0.1) is 11.3 Å². The van der Waals surface area contributed by atoms with Crippen molar-refractivity contribution in [3.05, 3.63) is 35.3 Å². The Kier molecular flexibility index (Phi) is 5.00. The van der Waals surface area contributed by atoms with Gasteiger partial charge in [0.15, 0.2) is 5.13 Å². The highest BCUT2D eigenvalue weighted by atomic mass is 32.1. The fourth-order valence-electron chi connectivity index (χ4n) is 4.77. The van der Waals surface area contributed by atoms with E-state index in [0.29, 0.717) is 23.9 Å². The molecule has 166 valence electrons. The van der Waals surface area contributed by atoms with Crippen molar-refractivity contribution in [2.24, 2.45) is 5.92 Å². The molecule has 5 rings (SSSR count). The van der Waals surface area contributed by atoms with E-state index in [4.69, 9.17) is 0 Å². The Balaban J connectivity index is 1.28. The van der Waals surface area contributed by atoms with Gasteiger partial charge in [-0.2, -0.15) is 0 Å². The smallest absolute Gasteiger partial charge is 0.325 e. The molecule has 0 radical (unpaired) electrons. The number of aromatic amines is 1. The van der Waals surface area contributed by atoms with Crippen molar-refractivity contribution in [2.45, 2.75) is 45.1 Å². The van der Waals surface area contributed by atoms with Crippen molar-refractivity contribution < 1.29 is 14.4 Å². The van der Waals surface area contributed by atoms with Crippen LogP contribution < -0.4 is 10.6 Å². The molecule has 1 saturated carbocycles. The molecule has 2 aromatic heterocycles. The molecular weight excluding hydrogens is 426 g/mol. The van der Waals surface area contributed by atoms with Gasteiger partial charge in [0.25, 0.3) is 5.91 Å². The molecule has 0 bridgehead atoms. The van der Waals surface area contributed by atoms with Gasteiger partial charge in [0.1, 0.15) is 12.1 Å². The summed E-state index contributed by atoms with van der Waals surface area (Å²) >= 11 is 1.31. The van der Waals surface area contributed by atoms with Crippen LogP contribution in [0.3, 0.4) is 0 Å². The third kappa shape index (κ3) is 3.46. The second-order valence-electron chi connectivity index (χ2n) is 8.84. The first-order valence-electron chi connectivity index (χ1n) is 10.8. The predicted octanol–water partition coefficient (Wildman–Crippen LogP) is 4.04. The lowest BCUT2D eigenvalue weighted by Crippen LogP contribution is -2.49. The average molecular weight is 452 g/mol. The zero-order valence-electron chi connectivity index (χ0n) is 18.0. The van der Waals surface area contributed by atoms with E-state index in [1.165, 1.54) is 11.3 Å². The molecule has 4 amide bonds. The monoisotopic (exact) mass is 451 g/mol. The van der Waals surface area contributed by atoms with Crippen LogP contribution in [0.25, 0.3) is 22.2 Å². The summed E-state index contributed by atoms with van der Waals surface area (Å²) in [4.78, 5) is 47.0. The summed E-state index contributed by atoms with van der Waals surface area (Å²) in [6.07, 6.45) is 3.02. The third-order valence-electron chi connectivity index (χ3n) is 6.58. The SMILES string of the molecule is Cc1[nH]c2ccccc2c1-c1csc(NC(=O)CN2C(=O)NC3(CCC(C)CC3)C2=O)n1. The second-order valence-corrected chi connectivity index (χ2v) is 9.70. The van der Waals surface area contributed by atoms with Crippen LogP contribution in [0.4, 0.5) is 9.93 Å². The van der Waals surface area contributed by atoms with Crippen molar-refractivity contribution >= 4 is 45.2 Å². The molecule has 1 aliphatic heterocycles. The van der Waals surface area contributed by atoms with E-state index in [-0.39, 0.29) is 12.5 Å². The maximum atomic E-state index is 13.0. The minimum atomic E-state index is -0.842. The molecule has 1 aromatic carbocycles. The zero-order chi connectivity index (χ0) is 22.5. The zero-order valence-corrected chi connectivity index (χ0v) is 18.8. The van der Waals surface area contributed by atoms with Gasteiger partial charge in [0.05, 0.1) is 5.69 Å². The summed E-state index contributed by atoms with van der Waals surface area (Å²) in [5, 5.41) is 8.98. The summed E-state index contributed by atoms with van der Waals surface area (Å²) < 4.78 is 0. The van der Waals surface area contributed by atoms with E-state index in [0.717, 1.165) is 45.6 Å². The Morgan fingerprint density at radius 2 is 2.03 bits per heavy atom. The lowest BCUT2D eigenvalue weighted by molar-refractivity contribution is -0.135. The standard InChI is InChI=1S/C23H25N5O3S/c1-13-7-9-23(10-8-13)20(30)28(22(31)27-23)11-18(29)26-21-25-17(12-32-21)19-14(2)24-16-6-4-3-5-15(16)19/h3-6,12-13,24H,7-11H2,1-2H3,(H,27,31)(H,25,26,29). The van der Waals surface area contributed by atoms with Crippen LogP contribution in [0.1, 0.15) is 38.3 Å². The molecule has 2 aliphatic rings. The molecule has 0 unspecified atom stereocenters. The Hall–Kier alpha value is -3.20. The Morgan fingerprint density at radius 3 is 2.81 bits per heavy atom. The number of nitrogens with one attached hydrogen (secondary N) is 3. The number of carbonyl (C=O) groups is 3. The van der Waals surface area contributed by atoms with Crippen LogP contribution in [0, 0.1) is 12.8 Å². The highest BCUT2D eigenvalue weighted by Crippen LogP contribution is 2.36. The van der Waals surface area contributed by atoms with E-state index in [1.807, 2.05) is 36.6 Å². The Morgan fingerprint density at radius 1 is 1.28 bits per heavy atom. The maximum Gasteiger partial charge on any atom is 0.325 e. The van der Waals surface area contributed by atoms with Gasteiger partial charge in [-0.3, -0.25) is 14.5 Å². The van der Waals surface area contributed by atoms with Crippen molar-refractivity contribution in [1.29, 1.82) is 0 Å². The number of hydrogen-bond acceptors (Lipinski definition) is 5. The number of fused-ring (bicyclic) bond motifs is 1. The van der Waals surface area contributed by atoms with Crippen LogP contribution in [0.2, 0.25) is 0 Å². The minimum absolute atomic E-state index is 0.293. The first-order valence-corrected chi connectivity index (χ1v) is 11.7. The normalized spacial score (nSPS) is 23.2. The number of imide groups is 1. The number of carbonyl (C=O) groups excluding carboxylic acids is 3. The van der Waals surface area contributed by atoms with Gasteiger partial charge < -0.3 is 15.6 Å². The number of hydrogen-bond donors (Lipinski definition) is 3. The number of thiazole rings is 1. The van der Waals surface area contributed by atoms with Crippen LogP contribution in [-0.2, 0) is 9.59 Å². The number of aromatic nitrogens is 2. The Bertz CT molecular complexity index is 1220. The van der Waals surface area contributed by atoms with Crippen molar-refractivity contribution in [3.63, 3.8) is 0 Å². The first-order chi connectivity index (χ1) is 15.4. The molecule has 9 heteroatoms. The molecule has 0 atom stereocenters. The minimum Gasteiger partial charge on any atom is -0.358 e. The fourth-order valence-corrected chi connectivity index (χ4v) is 5.49. The highest BCUT2D eigenvalue weighted by molar-refractivity contribution is 7.14. The number of anilines is 1. The Labute approximate surface area is 189 Å². The summed E-state index contributed by atoms with van der Waals surface area (Å²) in [6.45, 7) is 3.83. The van der Waals surface area contributed by atoms with Crippen LogP contribution in [-0.4, -0.2) is 44.8 Å². The molecular formula is C23H25N5O3S.